The molecule has 1 aliphatic heterocycles. The molecule has 2 aromatic heterocycles. The maximum absolute atomic E-state index is 12.5. The summed E-state index contributed by atoms with van der Waals surface area (Å²) in [6.45, 7) is 7.70. The van der Waals surface area contributed by atoms with E-state index in [0.717, 1.165) is 18.7 Å². The Hall–Kier alpha value is -2.54. The van der Waals surface area contributed by atoms with E-state index in [1.807, 2.05) is 4.90 Å². The fraction of sp³-hybridized carbons (Fsp3) is 0.500. The van der Waals surface area contributed by atoms with Crippen molar-refractivity contribution in [3.63, 3.8) is 0 Å². The molecule has 1 fully saturated rings. The molecule has 0 aliphatic carbocycles. The maximum Gasteiger partial charge on any atom is 0.245 e. The lowest BCUT2D eigenvalue weighted by Crippen LogP contribution is -2.27. The maximum atomic E-state index is 12.5. The SMILES string of the molecule is C=CC(=O)N1C[C@H](Cc2cnc3[nH]cc(C(=O)CCCOC)c3n2)[C@H](C)C1. The van der Waals surface area contributed by atoms with Gasteiger partial charge in [-0.05, 0) is 30.8 Å². The number of amides is 1. The second kappa shape index (κ2) is 8.43. The molecule has 0 aromatic carbocycles. The van der Waals surface area contributed by atoms with Crippen LogP contribution in [0, 0.1) is 11.8 Å². The van der Waals surface area contributed by atoms with Crippen molar-refractivity contribution in [2.75, 3.05) is 26.8 Å². The predicted molar refractivity (Wildman–Crippen MR) is 102 cm³/mol. The van der Waals surface area contributed by atoms with E-state index >= 15 is 0 Å². The summed E-state index contributed by atoms with van der Waals surface area (Å²) in [7, 11) is 1.63. The number of carbonyl (C=O) groups is 2. The number of aromatic amines is 1. The zero-order chi connectivity index (χ0) is 19.4. The van der Waals surface area contributed by atoms with Gasteiger partial charge in [-0.3, -0.25) is 9.59 Å². The van der Waals surface area contributed by atoms with E-state index in [4.69, 9.17) is 9.72 Å². The molecule has 3 rings (SSSR count). The number of hydrogen-bond donors (Lipinski definition) is 1. The Kier molecular flexibility index (Phi) is 6.01. The van der Waals surface area contributed by atoms with Crippen molar-refractivity contribution in [2.45, 2.75) is 26.2 Å². The molecule has 1 aliphatic rings. The quantitative estimate of drug-likeness (QED) is 0.438. The summed E-state index contributed by atoms with van der Waals surface area (Å²) >= 11 is 0. The van der Waals surface area contributed by atoms with Gasteiger partial charge in [-0.15, -0.1) is 0 Å². The largest absolute Gasteiger partial charge is 0.385 e. The molecule has 3 heterocycles. The summed E-state index contributed by atoms with van der Waals surface area (Å²) in [4.78, 5) is 38.3. The summed E-state index contributed by atoms with van der Waals surface area (Å²) in [6, 6.07) is 0. The van der Waals surface area contributed by atoms with Crippen LogP contribution in [-0.4, -0.2) is 58.3 Å². The van der Waals surface area contributed by atoms with Crippen LogP contribution >= 0.6 is 0 Å². The second-order valence-electron chi connectivity index (χ2n) is 7.17. The van der Waals surface area contributed by atoms with Crippen molar-refractivity contribution in [2.24, 2.45) is 11.8 Å². The number of carbonyl (C=O) groups excluding carboxylic acids is 2. The van der Waals surface area contributed by atoms with Crippen LogP contribution in [0.5, 0.6) is 0 Å². The number of Topliss-reactive ketones (excluding diaryl/α,β-unsaturated/α-hetero) is 1. The fourth-order valence-electron chi connectivity index (χ4n) is 3.63. The molecular weight excluding hydrogens is 344 g/mol. The number of H-pyrrole nitrogens is 1. The number of fused-ring (bicyclic) bond motifs is 1. The van der Waals surface area contributed by atoms with Crippen molar-refractivity contribution in [3.05, 3.63) is 36.3 Å². The van der Waals surface area contributed by atoms with Gasteiger partial charge in [0.2, 0.25) is 5.91 Å². The van der Waals surface area contributed by atoms with Gasteiger partial charge in [-0.1, -0.05) is 13.5 Å². The van der Waals surface area contributed by atoms with Crippen molar-refractivity contribution in [1.82, 2.24) is 19.9 Å². The summed E-state index contributed by atoms with van der Waals surface area (Å²) in [5.74, 6) is 0.718. The molecule has 0 radical (unpaired) electrons. The van der Waals surface area contributed by atoms with Crippen LogP contribution in [0.1, 0.15) is 35.8 Å². The van der Waals surface area contributed by atoms with E-state index in [1.54, 1.807) is 19.5 Å². The minimum absolute atomic E-state index is 0.0273. The normalized spacial score (nSPS) is 19.6. The van der Waals surface area contributed by atoms with E-state index in [-0.39, 0.29) is 11.7 Å². The zero-order valence-corrected chi connectivity index (χ0v) is 15.9. The van der Waals surface area contributed by atoms with Gasteiger partial charge in [0.15, 0.2) is 11.4 Å². The monoisotopic (exact) mass is 370 g/mol. The summed E-state index contributed by atoms with van der Waals surface area (Å²) in [5.41, 5.74) is 2.67. The second-order valence-corrected chi connectivity index (χ2v) is 7.17. The number of hydrogen-bond acceptors (Lipinski definition) is 5. The number of methoxy groups -OCH3 is 1. The molecule has 1 saturated heterocycles. The van der Waals surface area contributed by atoms with Gasteiger partial charge in [0.1, 0.15) is 5.52 Å². The minimum Gasteiger partial charge on any atom is -0.385 e. The Balaban J connectivity index is 1.74. The summed E-state index contributed by atoms with van der Waals surface area (Å²) in [5, 5.41) is 0. The fourth-order valence-corrected chi connectivity index (χ4v) is 3.63. The van der Waals surface area contributed by atoms with Crippen molar-refractivity contribution < 1.29 is 14.3 Å². The molecular formula is C20H26N4O3. The highest BCUT2D eigenvalue weighted by Crippen LogP contribution is 2.27. The van der Waals surface area contributed by atoms with Crippen LogP contribution < -0.4 is 0 Å². The Labute approximate surface area is 158 Å². The molecule has 7 nitrogen and oxygen atoms in total. The number of ketones is 1. The number of likely N-dealkylation sites (tertiary alicyclic amines) is 1. The summed E-state index contributed by atoms with van der Waals surface area (Å²) in [6.07, 6.45) is 6.64. The van der Waals surface area contributed by atoms with Gasteiger partial charge in [-0.25, -0.2) is 9.97 Å². The van der Waals surface area contributed by atoms with Crippen LogP contribution in [0.4, 0.5) is 0 Å². The molecule has 0 spiro atoms. The zero-order valence-electron chi connectivity index (χ0n) is 15.9. The van der Waals surface area contributed by atoms with E-state index in [2.05, 4.69) is 23.5 Å². The van der Waals surface area contributed by atoms with Crippen molar-refractivity contribution >= 4 is 22.9 Å². The third kappa shape index (κ3) is 4.24. The van der Waals surface area contributed by atoms with Gasteiger partial charge in [0.05, 0.1) is 17.5 Å². The molecule has 27 heavy (non-hydrogen) atoms. The number of nitrogens with one attached hydrogen (secondary N) is 1. The first-order valence-corrected chi connectivity index (χ1v) is 9.30. The van der Waals surface area contributed by atoms with Crippen molar-refractivity contribution in [1.29, 1.82) is 0 Å². The van der Waals surface area contributed by atoms with Gasteiger partial charge >= 0.3 is 0 Å². The average molecular weight is 370 g/mol. The third-order valence-corrected chi connectivity index (χ3v) is 5.21. The molecule has 2 aromatic rings. The highest BCUT2D eigenvalue weighted by atomic mass is 16.5. The number of ether oxygens (including phenoxy) is 1. The van der Waals surface area contributed by atoms with Crippen LogP contribution in [-0.2, 0) is 16.0 Å². The van der Waals surface area contributed by atoms with Gasteiger partial charge in [0, 0.05) is 39.4 Å². The molecule has 0 bridgehead atoms. The first-order chi connectivity index (χ1) is 13.0. The van der Waals surface area contributed by atoms with E-state index in [9.17, 15) is 9.59 Å². The van der Waals surface area contributed by atoms with Crippen LogP contribution in [0.3, 0.4) is 0 Å². The highest BCUT2D eigenvalue weighted by molar-refractivity contribution is 6.05. The van der Waals surface area contributed by atoms with Crippen LogP contribution in [0.2, 0.25) is 0 Å². The highest BCUT2D eigenvalue weighted by Gasteiger charge is 2.32. The minimum atomic E-state index is -0.0273. The average Bonchev–Trinajstić information content (AvgIpc) is 3.25. The van der Waals surface area contributed by atoms with Gasteiger partial charge in [0.25, 0.3) is 0 Å². The molecule has 0 saturated carbocycles. The van der Waals surface area contributed by atoms with Crippen LogP contribution in [0.15, 0.2) is 25.0 Å². The molecule has 0 unspecified atom stereocenters. The number of nitrogens with zero attached hydrogens (tertiary/aromatic N) is 3. The molecule has 1 N–H and O–H groups in total. The first-order valence-electron chi connectivity index (χ1n) is 9.30. The lowest BCUT2D eigenvalue weighted by atomic mass is 9.93. The Morgan fingerprint density at radius 2 is 2.26 bits per heavy atom. The Morgan fingerprint density at radius 3 is 3.00 bits per heavy atom. The predicted octanol–water partition coefficient (Wildman–Crippen LogP) is 2.39. The molecule has 1 amide bonds. The molecule has 144 valence electrons. The standard InChI is InChI=1S/C20H26N4O3/c1-4-18(26)24-11-13(2)14(12-24)8-15-9-21-20-19(23-15)16(10-22-20)17(25)6-5-7-27-3/h4,9-10,13-14H,1,5-8,11-12H2,2-3H3,(H,21,22)/t13-,14+/m1/s1. The molecule has 7 heteroatoms. The first kappa shape index (κ1) is 19.2. The van der Waals surface area contributed by atoms with Crippen LogP contribution in [0.25, 0.3) is 11.2 Å². The Bertz CT molecular complexity index is 845. The van der Waals surface area contributed by atoms with Gasteiger partial charge in [-0.2, -0.15) is 0 Å². The Morgan fingerprint density at radius 1 is 1.44 bits per heavy atom. The third-order valence-electron chi connectivity index (χ3n) is 5.21. The van der Waals surface area contributed by atoms with E-state index < -0.39 is 0 Å². The number of aromatic nitrogens is 3. The molecule has 2 atom stereocenters. The van der Waals surface area contributed by atoms with Gasteiger partial charge < -0.3 is 14.6 Å². The lowest BCUT2D eigenvalue weighted by Gasteiger charge is -2.14. The van der Waals surface area contributed by atoms with Crippen molar-refractivity contribution in [3.8, 4) is 0 Å². The van der Waals surface area contributed by atoms with E-state index in [1.165, 1.54) is 6.08 Å². The smallest absolute Gasteiger partial charge is 0.245 e. The topological polar surface area (TPSA) is 88.2 Å². The summed E-state index contributed by atoms with van der Waals surface area (Å²) < 4.78 is 5.01. The lowest BCUT2D eigenvalue weighted by molar-refractivity contribution is -0.125. The number of rotatable bonds is 8. The van der Waals surface area contributed by atoms with E-state index in [0.29, 0.717) is 54.6 Å².